The van der Waals surface area contributed by atoms with E-state index in [2.05, 4.69) is 21.2 Å². The molecule has 0 saturated carbocycles. The highest BCUT2D eigenvalue weighted by atomic mass is 79.9. The van der Waals surface area contributed by atoms with Crippen LogP contribution in [0.4, 0.5) is 13.2 Å². The molecule has 0 atom stereocenters. The fourth-order valence-corrected chi connectivity index (χ4v) is 1.69. The van der Waals surface area contributed by atoms with E-state index in [-0.39, 0.29) is 16.6 Å². The maximum absolute atomic E-state index is 12.6. The Morgan fingerprint density at radius 1 is 1.37 bits per heavy atom. The lowest BCUT2D eigenvalue weighted by atomic mass is 10.1. The van der Waals surface area contributed by atoms with Gasteiger partial charge < -0.3 is 10.4 Å². The molecule has 7 heteroatoms. The Kier molecular flexibility index (Phi) is 4.63. The number of halogens is 4. The fourth-order valence-electron chi connectivity index (χ4n) is 1.27. The molecule has 0 fully saturated rings. The molecule has 1 aromatic rings. The highest BCUT2D eigenvalue weighted by Gasteiger charge is 2.31. The molecule has 3 nitrogen and oxygen atoms in total. The van der Waals surface area contributed by atoms with Crippen molar-refractivity contribution in [2.24, 2.45) is 0 Å². The summed E-state index contributed by atoms with van der Waals surface area (Å²) in [6, 6.07) is 2.82. The second-order valence-electron chi connectivity index (χ2n) is 4.69. The molecule has 2 N–H and O–H groups in total. The van der Waals surface area contributed by atoms with Crippen LogP contribution >= 0.6 is 15.9 Å². The number of amides is 1. The molecule has 0 radical (unpaired) electrons. The Morgan fingerprint density at radius 3 is 2.42 bits per heavy atom. The van der Waals surface area contributed by atoms with Crippen molar-refractivity contribution in [1.29, 1.82) is 0 Å². The van der Waals surface area contributed by atoms with E-state index < -0.39 is 23.2 Å². The van der Waals surface area contributed by atoms with Crippen LogP contribution in [0.15, 0.2) is 22.7 Å². The highest BCUT2D eigenvalue weighted by Crippen LogP contribution is 2.31. The van der Waals surface area contributed by atoms with Gasteiger partial charge in [-0.3, -0.25) is 4.79 Å². The number of carbonyl (C=O) groups is 1. The van der Waals surface area contributed by atoms with E-state index in [1.54, 1.807) is 0 Å². The van der Waals surface area contributed by atoms with E-state index in [4.69, 9.17) is 0 Å². The van der Waals surface area contributed by atoms with E-state index in [1.165, 1.54) is 19.9 Å². The topological polar surface area (TPSA) is 49.3 Å². The van der Waals surface area contributed by atoms with Crippen molar-refractivity contribution in [3.8, 4) is 0 Å². The molecule has 0 heterocycles. The summed E-state index contributed by atoms with van der Waals surface area (Å²) in [7, 11) is 0. The third kappa shape index (κ3) is 4.83. The van der Waals surface area contributed by atoms with Crippen LogP contribution in [-0.2, 0) is 6.18 Å². The van der Waals surface area contributed by atoms with Crippen molar-refractivity contribution in [3.05, 3.63) is 33.8 Å². The van der Waals surface area contributed by atoms with Crippen molar-refractivity contribution in [2.45, 2.75) is 25.6 Å². The largest absolute Gasteiger partial charge is 0.416 e. The normalized spacial score (nSPS) is 12.4. The zero-order valence-electron chi connectivity index (χ0n) is 10.3. The van der Waals surface area contributed by atoms with Gasteiger partial charge in [0.2, 0.25) is 0 Å². The minimum Gasteiger partial charge on any atom is -0.389 e. The van der Waals surface area contributed by atoms with Crippen LogP contribution in [-0.4, -0.2) is 23.2 Å². The van der Waals surface area contributed by atoms with Gasteiger partial charge in [0.05, 0.1) is 16.7 Å². The molecule has 0 saturated heterocycles. The molecule has 19 heavy (non-hydrogen) atoms. The maximum atomic E-state index is 12.6. The molecule has 1 amide bonds. The van der Waals surface area contributed by atoms with Crippen LogP contribution in [0.3, 0.4) is 0 Å². The Balaban J connectivity index is 2.97. The number of benzene rings is 1. The molecule has 0 aliphatic carbocycles. The third-order valence-corrected chi connectivity index (χ3v) is 2.91. The number of hydrogen-bond donors (Lipinski definition) is 2. The standard InChI is InChI=1S/C12H13BrF3NO2/c1-11(2,19)6-17-10(18)8-5-7(12(14,15)16)3-4-9(8)13/h3-5,19H,6H2,1-2H3,(H,17,18). The van der Waals surface area contributed by atoms with Crippen molar-refractivity contribution in [1.82, 2.24) is 5.32 Å². The molecule has 1 aromatic carbocycles. The minimum atomic E-state index is -4.51. The summed E-state index contributed by atoms with van der Waals surface area (Å²) in [5.41, 5.74) is -2.16. The van der Waals surface area contributed by atoms with Crippen molar-refractivity contribution < 1.29 is 23.1 Å². The number of alkyl halides is 3. The number of aliphatic hydroxyl groups is 1. The van der Waals surface area contributed by atoms with E-state index in [9.17, 15) is 23.1 Å². The zero-order chi connectivity index (χ0) is 14.8. The van der Waals surface area contributed by atoms with Gasteiger partial charge in [0, 0.05) is 11.0 Å². The summed E-state index contributed by atoms with van der Waals surface area (Å²) in [6.45, 7) is 2.90. The Bertz CT molecular complexity index is 481. The molecule has 0 bridgehead atoms. The first kappa shape index (κ1) is 16.0. The van der Waals surface area contributed by atoms with Gasteiger partial charge in [0.15, 0.2) is 0 Å². The maximum Gasteiger partial charge on any atom is 0.416 e. The van der Waals surface area contributed by atoms with E-state index in [0.717, 1.165) is 12.1 Å². The fraction of sp³-hybridized carbons (Fsp3) is 0.417. The smallest absolute Gasteiger partial charge is 0.389 e. The van der Waals surface area contributed by atoms with Crippen LogP contribution in [0.1, 0.15) is 29.8 Å². The zero-order valence-corrected chi connectivity index (χ0v) is 11.9. The van der Waals surface area contributed by atoms with Gasteiger partial charge in [-0.25, -0.2) is 0 Å². The first-order valence-electron chi connectivity index (χ1n) is 5.38. The lowest BCUT2D eigenvalue weighted by Crippen LogP contribution is -2.38. The summed E-state index contributed by atoms with van der Waals surface area (Å²) < 4.78 is 37.9. The van der Waals surface area contributed by atoms with E-state index in [0.29, 0.717) is 0 Å². The Labute approximate surface area is 116 Å². The number of carbonyl (C=O) groups excluding carboxylic acids is 1. The second-order valence-corrected chi connectivity index (χ2v) is 5.54. The van der Waals surface area contributed by atoms with Crippen LogP contribution in [0.5, 0.6) is 0 Å². The van der Waals surface area contributed by atoms with Crippen LogP contribution in [0.25, 0.3) is 0 Å². The number of rotatable bonds is 3. The summed E-state index contributed by atoms with van der Waals surface area (Å²) in [5.74, 6) is -0.680. The molecule has 0 spiro atoms. The van der Waals surface area contributed by atoms with Crippen LogP contribution in [0.2, 0.25) is 0 Å². The molecule has 106 valence electrons. The molecule has 1 rings (SSSR count). The quantitative estimate of drug-likeness (QED) is 0.889. The van der Waals surface area contributed by atoms with Gasteiger partial charge in [0.25, 0.3) is 5.91 Å². The van der Waals surface area contributed by atoms with Gasteiger partial charge >= 0.3 is 6.18 Å². The second kappa shape index (κ2) is 5.50. The predicted molar refractivity (Wildman–Crippen MR) is 67.8 cm³/mol. The Morgan fingerprint density at radius 2 is 1.95 bits per heavy atom. The van der Waals surface area contributed by atoms with Gasteiger partial charge in [-0.1, -0.05) is 0 Å². The minimum absolute atomic E-state index is 0.0610. The average Bonchev–Trinajstić information content (AvgIpc) is 2.24. The van der Waals surface area contributed by atoms with Gasteiger partial charge in [-0.2, -0.15) is 13.2 Å². The average molecular weight is 340 g/mol. The molecular weight excluding hydrogens is 327 g/mol. The number of hydrogen-bond acceptors (Lipinski definition) is 2. The van der Waals surface area contributed by atoms with E-state index in [1.807, 2.05) is 0 Å². The number of nitrogens with one attached hydrogen (secondary N) is 1. The molecule has 0 unspecified atom stereocenters. The van der Waals surface area contributed by atoms with Gasteiger partial charge in [-0.05, 0) is 48.0 Å². The molecule has 0 aromatic heterocycles. The summed E-state index contributed by atoms with van der Waals surface area (Å²) in [6.07, 6.45) is -4.51. The van der Waals surface area contributed by atoms with Crippen LogP contribution in [0, 0.1) is 0 Å². The Hall–Kier alpha value is -1.08. The lowest BCUT2D eigenvalue weighted by Gasteiger charge is -2.18. The van der Waals surface area contributed by atoms with Crippen LogP contribution < -0.4 is 5.32 Å². The lowest BCUT2D eigenvalue weighted by molar-refractivity contribution is -0.137. The summed E-state index contributed by atoms with van der Waals surface area (Å²) in [5, 5.41) is 11.8. The SMILES string of the molecule is CC(C)(O)CNC(=O)c1cc(C(F)(F)F)ccc1Br. The van der Waals surface area contributed by atoms with Crippen molar-refractivity contribution in [3.63, 3.8) is 0 Å². The van der Waals surface area contributed by atoms with Crippen molar-refractivity contribution in [2.75, 3.05) is 6.54 Å². The van der Waals surface area contributed by atoms with Gasteiger partial charge in [0.1, 0.15) is 0 Å². The predicted octanol–water partition coefficient (Wildman–Crippen LogP) is 2.97. The monoisotopic (exact) mass is 339 g/mol. The van der Waals surface area contributed by atoms with Crippen molar-refractivity contribution >= 4 is 21.8 Å². The first-order chi connectivity index (χ1) is 8.50. The summed E-state index contributed by atoms with van der Waals surface area (Å²) >= 11 is 3.03. The first-order valence-corrected chi connectivity index (χ1v) is 6.17. The molecule has 0 aliphatic heterocycles. The summed E-state index contributed by atoms with van der Waals surface area (Å²) in [4.78, 5) is 11.8. The van der Waals surface area contributed by atoms with Gasteiger partial charge in [-0.15, -0.1) is 0 Å². The molecular formula is C12H13BrF3NO2. The third-order valence-electron chi connectivity index (χ3n) is 2.22. The highest BCUT2D eigenvalue weighted by molar-refractivity contribution is 9.10. The van der Waals surface area contributed by atoms with E-state index >= 15 is 0 Å². The molecule has 0 aliphatic rings.